The van der Waals surface area contributed by atoms with Crippen molar-refractivity contribution in [1.82, 2.24) is 10.3 Å². The van der Waals surface area contributed by atoms with Gasteiger partial charge in [-0.3, -0.25) is 9.78 Å². The van der Waals surface area contributed by atoms with E-state index < -0.39 is 77.2 Å². The summed E-state index contributed by atoms with van der Waals surface area (Å²) < 4.78 is 153. The van der Waals surface area contributed by atoms with E-state index in [-0.39, 0.29) is 16.7 Å². The van der Waals surface area contributed by atoms with Crippen molar-refractivity contribution in [1.29, 1.82) is 0 Å². The summed E-state index contributed by atoms with van der Waals surface area (Å²) in [5.74, 6) is -5.08. The van der Waals surface area contributed by atoms with Crippen molar-refractivity contribution in [3.63, 3.8) is 0 Å². The first-order chi connectivity index (χ1) is 20.1. The fourth-order valence-corrected chi connectivity index (χ4v) is 4.22. The highest BCUT2D eigenvalue weighted by Crippen LogP contribution is 2.45. The van der Waals surface area contributed by atoms with Gasteiger partial charge in [-0.15, -0.1) is 0 Å². The number of ether oxygens (including phenoxy) is 1. The number of hydrogen-bond donors (Lipinski definition) is 3. The highest BCUT2D eigenvalue weighted by molar-refractivity contribution is 6.30. The van der Waals surface area contributed by atoms with Gasteiger partial charge in [0, 0.05) is 18.7 Å². The van der Waals surface area contributed by atoms with Gasteiger partial charge in [-0.1, -0.05) is 41.9 Å². The number of aromatic nitrogens is 1. The van der Waals surface area contributed by atoms with Gasteiger partial charge in [0.1, 0.15) is 23.1 Å². The van der Waals surface area contributed by atoms with E-state index >= 15 is 0 Å². The number of amides is 1. The largest absolute Gasteiger partial charge is 0.461 e. The maximum atomic E-state index is 14.8. The van der Waals surface area contributed by atoms with Gasteiger partial charge in [0.05, 0.1) is 10.7 Å². The van der Waals surface area contributed by atoms with E-state index in [1.807, 2.05) is 5.32 Å². The van der Waals surface area contributed by atoms with E-state index in [1.54, 1.807) is 0 Å². The quantitative estimate of drug-likeness (QED) is 0.235. The molecule has 0 saturated carbocycles. The Balaban J connectivity index is 2.34. The molecule has 0 radical (unpaired) electrons. The SMILES string of the molecule is NC(C(=O)NC(Cc1ccccc1)(c1cc(F)cc(OC(F)(F)C(F)F)c1)c1ccc(Cl)cn1)C(O)(C(F)(F)F)C(F)(F)F. The molecule has 1 aromatic heterocycles. The van der Waals surface area contributed by atoms with Crippen molar-refractivity contribution in [3.05, 3.63) is 94.5 Å². The molecule has 44 heavy (non-hydrogen) atoms. The predicted octanol–water partition coefficient (Wildman–Crippen LogP) is 5.90. The molecule has 0 saturated heterocycles. The average molecular weight is 666 g/mol. The number of aliphatic hydroxyl groups is 1. The van der Waals surface area contributed by atoms with Crippen LogP contribution >= 0.6 is 11.6 Å². The number of alkyl halides is 10. The summed E-state index contributed by atoms with van der Waals surface area (Å²) in [5.41, 5.74) is -4.39. The molecule has 0 spiro atoms. The lowest BCUT2D eigenvalue weighted by Crippen LogP contribution is -2.72. The second-order valence-electron chi connectivity index (χ2n) is 9.30. The number of hydrogen-bond acceptors (Lipinski definition) is 5. The van der Waals surface area contributed by atoms with Crippen LogP contribution in [0.4, 0.5) is 48.3 Å². The molecular formula is C26H19ClF11N3O3. The van der Waals surface area contributed by atoms with Crippen LogP contribution in [0.15, 0.2) is 66.9 Å². The number of nitrogens with two attached hydrogens (primary N) is 1. The predicted molar refractivity (Wildman–Crippen MR) is 131 cm³/mol. The van der Waals surface area contributed by atoms with Crippen molar-refractivity contribution in [2.24, 2.45) is 5.73 Å². The van der Waals surface area contributed by atoms with Crippen LogP contribution in [0.3, 0.4) is 0 Å². The normalized spacial score (nSPS) is 15.1. The minimum Gasteiger partial charge on any atom is -0.428 e. The van der Waals surface area contributed by atoms with Gasteiger partial charge in [-0.2, -0.15) is 43.9 Å². The third kappa shape index (κ3) is 6.99. The van der Waals surface area contributed by atoms with Crippen LogP contribution < -0.4 is 15.8 Å². The van der Waals surface area contributed by atoms with Crippen molar-refractivity contribution in [2.45, 2.75) is 48.5 Å². The molecule has 4 N–H and O–H groups in total. The summed E-state index contributed by atoms with van der Waals surface area (Å²) in [6.07, 6.45) is -22.5. The van der Waals surface area contributed by atoms with E-state index in [9.17, 15) is 58.2 Å². The summed E-state index contributed by atoms with van der Waals surface area (Å²) in [7, 11) is 0. The van der Waals surface area contributed by atoms with Gasteiger partial charge < -0.3 is 20.9 Å². The molecule has 0 aliphatic heterocycles. The minimum absolute atomic E-state index is 0.0752. The molecule has 2 unspecified atom stereocenters. The second-order valence-corrected chi connectivity index (χ2v) is 9.73. The average Bonchev–Trinajstić information content (AvgIpc) is 2.90. The molecule has 0 fully saturated rings. The van der Waals surface area contributed by atoms with E-state index in [2.05, 4.69) is 9.72 Å². The molecular weight excluding hydrogens is 647 g/mol. The van der Waals surface area contributed by atoms with E-state index in [0.29, 0.717) is 12.1 Å². The van der Waals surface area contributed by atoms with Crippen LogP contribution in [-0.4, -0.2) is 52.5 Å². The Bertz CT molecular complexity index is 1440. The first-order valence-corrected chi connectivity index (χ1v) is 12.3. The van der Waals surface area contributed by atoms with Crippen LogP contribution in [-0.2, 0) is 16.8 Å². The van der Waals surface area contributed by atoms with Crippen LogP contribution in [0.25, 0.3) is 0 Å². The van der Waals surface area contributed by atoms with Gasteiger partial charge in [0.25, 0.3) is 5.60 Å². The topological polar surface area (TPSA) is 97.5 Å². The monoisotopic (exact) mass is 665 g/mol. The lowest BCUT2D eigenvalue weighted by molar-refractivity contribution is -0.371. The Morgan fingerprint density at radius 2 is 1.55 bits per heavy atom. The number of rotatable bonds is 10. The number of carbonyl (C=O) groups excluding carboxylic acids is 1. The molecule has 0 aliphatic rings. The minimum atomic E-state index is -6.55. The molecule has 2 atom stereocenters. The standard InChI is InChI=1S/C26H19ClF11N3O3/c27-15-6-7-18(40-12-15)22(11-13-4-2-1-3-5-13,14-8-16(28)10-17(9-14)44-24(31,32)21(29)30)41-20(42)19(39)23(43,25(33,34)35)26(36,37)38/h1-10,12,19,21,43H,11,39H2,(H,41,42). The van der Waals surface area contributed by atoms with Crippen molar-refractivity contribution in [3.8, 4) is 5.75 Å². The number of pyridine rings is 1. The first kappa shape index (κ1) is 34.8. The zero-order valence-corrected chi connectivity index (χ0v) is 22.3. The Morgan fingerprint density at radius 3 is 2.05 bits per heavy atom. The number of carbonyl (C=O) groups is 1. The molecule has 1 heterocycles. The Labute approximate surface area is 245 Å². The third-order valence-corrected chi connectivity index (χ3v) is 6.51. The van der Waals surface area contributed by atoms with E-state index in [1.165, 1.54) is 30.3 Å². The van der Waals surface area contributed by atoms with Crippen molar-refractivity contribution >= 4 is 17.5 Å². The summed E-state index contributed by atoms with van der Waals surface area (Å²) in [5, 5.41) is 11.5. The fraction of sp³-hybridized carbons (Fsp3) is 0.308. The number of halogens is 12. The zero-order chi connectivity index (χ0) is 33.3. The summed E-state index contributed by atoms with van der Waals surface area (Å²) in [6, 6.07) is 6.49. The maximum absolute atomic E-state index is 14.8. The highest BCUT2D eigenvalue weighted by atomic mass is 35.5. The molecule has 18 heteroatoms. The van der Waals surface area contributed by atoms with Gasteiger partial charge >= 0.3 is 24.9 Å². The van der Waals surface area contributed by atoms with E-state index in [0.717, 1.165) is 18.3 Å². The molecule has 3 aromatic rings. The molecule has 0 aliphatic carbocycles. The van der Waals surface area contributed by atoms with Gasteiger partial charge in [0.15, 0.2) is 0 Å². The molecule has 3 rings (SSSR count). The molecule has 6 nitrogen and oxygen atoms in total. The fourth-order valence-electron chi connectivity index (χ4n) is 4.11. The van der Waals surface area contributed by atoms with E-state index in [4.69, 9.17) is 17.3 Å². The van der Waals surface area contributed by atoms with Gasteiger partial charge in [0.2, 0.25) is 5.91 Å². The zero-order valence-electron chi connectivity index (χ0n) is 21.5. The molecule has 2 aromatic carbocycles. The lowest BCUT2D eigenvalue weighted by Gasteiger charge is -2.40. The van der Waals surface area contributed by atoms with Crippen molar-refractivity contribution in [2.75, 3.05) is 0 Å². The summed E-state index contributed by atoms with van der Waals surface area (Å²) in [6.45, 7) is 0. The van der Waals surface area contributed by atoms with Crippen LogP contribution in [0.5, 0.6) is 5.75 Å². The van der Waals surface area contributed by atoms with Crippen LogP contribution in [0, 0.1) is 5.82 Å². The van der Waals surface area contributed by atoms with Crippen molar-refractivity contribution < 1.29 is 62.9 Å². The third-order valence-electron chi connectivity index (χ3n) is 6.28. The highest BCUT2D eigenvalue weighted by Gasteiger charge is 2.75. The van der Waals surface area contributed by atoms with Crippen LogP contribution in [0.1, 0.15) is 16.8 Å². The lowest BCUT2D eigenvalue weighted by atomic mass is 9.79. The number of nitrogens with zero attached hydrogens (tertiary/aromatic N) is 1. The van der Waals surface area contributed by atoms with Gasteiger partial charge in [-0.05, 0) is 35.4 Å². The number of nitrogens with one attached hydrogen (secondary N) is 1. The molecule has 1 amide bonds. The first-order valence-electron chi connectivity index (χ1n) is 11.9. The Hall–Kier alpha value is -3.70. The van der Waals surface area contributed by atoms with Gasteiger partial charge in [-0.25, -0.2) is 4.39 Å². The second kappa shape index (κ2) is 12.4. The Kier molecular flexibility index (Phi) is 9.77. The summed E-state index contributed by atoms with van der Waals surface area (Å²) in [4.78, 5) is 17.1. The number of benzene rings is 2. The maximum Gasteiger partial charge on any atom is 0.461 e. The molecule has 0 bridgehead atoms. The summed E-state index contributed by atoms with van der Waals surface area (Å²) >= 11 is 5.85. The smallest absolute Gasteiger partial charge is 0.428 e. The Morgan fingerprint density at radius 1 is 0.955 bits per heavy atom. The van der Waals surface area contributed by atoms with Crippen LogP contribution in [0.2, 0.25) is 5.02 Å². The molecule has 240 valence electrons.